The van der Waals surface area contributed by atoms with E-state index < -0.39 is 0 Å². The summed E-state index contributed by atoms with van der Waals surface area (Å²) < 4.78 is 7.11. The molecule has 3 amide bonds. The molecule has 0 radical (unpaired) electrons. The van der Waals surface area contributed by atoms with Gasteiger partial charge >= 0.3 is 6.03 Å². The quantitative estimate of drug-likeness (QED) is 0.851. The molecule has 2 aromatic rings. The van der Waals surface area contributed by atoms with Crippen molar-refractivity contribution in [3.8, 4) is 5.69 Å². The van der Waals surface area contributed by atoms with Crippen molar-refractivity contribution in [1.82, 2.24) is 24.9 Å². The zero-order valence-electron chi connectivity index (χ0n) is 16.5. The molecule has 1 N–H and O–H groups in total. The summed E-state index contributed by atoms with van der Waals surface area (Å²) in [5.74, 6) is 0.234. The number of amides is 3. The van der Waals surface area contributed by atoms with E-state index in [2.05, 4.69) is 10.4 Å². The number of likely N-dealkylation sites (tertiary alicyclic amines) is 1. The SMILES string of the molecule is O=C(NCc1ccc(-n2cccn2)cc1)N1CCC(C(=O)N2CCOCC2)CC1. The fourth-order valence-corrected chi connectivity index (χ4v) is 3.85. The maximum Gasteiger partial charge on any atom is 0.317 e. The smallest absolute Gasteiger partial charge is 0.317 e. The number of nitrogens with one attached hydrogen (secondary N) is 1. The second-order valence-corrected chi connectivity index (χ2v) is 7.47. The standard InChI is InChI=1S/C21H27N5O3/c27-20(24-12-14-29-15-13-24)18-6-10-25(11-7-18)21(28)22-16-17-2-4-19(5-3-17)26-9-1-8-23-26/h1-5,8-9,18H,6-7,10-16H2,(H,22,28). The molecule has 0 unspecified atom stereocenters. The van der Waals surface area contributed by atoms with E-state index in [1.54, 1.807) is 15.8 Å². The van der Waals surface area contributed by atoms with Crippen molar-refractivity contribution in [2.45, 2.75) is 19.4 Å². The van der Waals surface area contributed by atoms with Gasteiger partial charge in [0.15, 0.2) is 0 Å². The van der Waals surface area contributed by atoms with Crippen molar-refractivity contribution in [2.24, 2.45) is 5.92 Å². The monoisotopic (exact) mass is 397 g/mol. The molecular formula is C21H27N5O3. The van der Waals surface area contributed by atoms with E-state index in [1.807, 2.05) is 41.4 Å². The molecule has 2 saturated heterocycles. The molecular weight excluding hydrogens is 370 g/mol. The molecule has 3 heterocycles. The molecule has 0 spiro atoms. The minimum absolute atomic E-state index is 0.0204. The summed E-state index contributed by atoms with van der Waals surface area (Å²) in [6.45, 7) is 4.31. The van der Waals surface area contributed by atoms with Gasteiger partial charge in [0.25, 0.3) is 0 Å². The van der Waals surface area contributed by atoms with Gasteiger partial charge in [0.05, 0.1) is 18.9 Å². The Bertz CT molecular complexity index is 807. The highest BCUT2D eigenvalue weighted by molar-refractivity contribution is 5.80. The summed E-state index contributed by atoms with van der Waals surface area (Å²) in [6, 6.07) is 9.76. The highest BCUT2D eigenvalue weighted by atomic mass is 16.5. The van der Waals surface area contributed by atoms with Crippen LogP contribution in [0.1, 0.15) is 18.4 Å². The molecule has 29 heavy (non-hydrogen) atoms. The van der Waals surface area contributed by atoms with Crippen LogP contribution in [-0.4, -0.2) is 70.9 Å². The second-order valence-electron chi connectivity index (χ2n) is 7.47. The predicted molar refractivity (Wildman–Crippen MR) is 107 cm³/mol. The third kappa shape index (κ3) is 4.76. The normalized spacial score (nSPS) is 17.9. The number of benzene rings is 1. The van der Waals surface area contributed by atoms with E-state index in [-0.39, 0.29) is 17.9 Å². The minimum Gasteiger partial charge on any atom is -0.378 e. The predicted octanol–water partition coefficient (Wildman–Crippen LogP) is 1.65. The fourth-order valence-electron chi connectivity index (χ4n) is 3.85. The van der Waals surface area contributed by atoms with E-state index in [1.165, 1.54) is 0 Å². The summed E-state index contributed by atoms with van der Waals surface area (Å²) in [5, 5.41) is 7.19. The topological polar surface area (TPSA) is 79.7 Å². The molecule has 0 saturated carbocycles. The molecule has 4 rings (SSSR count). The summed E-state index contributed by atoms with van der Waals surface area (Å²) in [7, 11) is 0. The van der Waals surface area contributed by atoms with Crippen LogP contribution >= 0.6 is 0 Å². The molecule has 8 heteroatoms. The summed E-state index contributed by atoms with van der Waals surface area (Å²) in [6.07, 6.45) is 5.08. The van der Waals surface area contributed by atoms with E-state index in [0.29, 0.717) is 45.9 Å². The van der Waals surface area contributed by atoms with Crippen LogP contribution in [0.5, 0.6) is 0 Å². The first-order valence-corrected chi connectivity index (χ1v) is 10.2. The lowest BCUT2D eigenvalue weighted by Gasteiger charge is -2.35. The van der Waals surface area contributed by atoms with E-state index in [4.69, 9.17) is 4.74 Å². The number of carbonyl (C=O) groups excluding carboxylic acids is 2. The molecule has 2 fully saturated rings. The van der Waals surface area contributed by atoms with Crippen molar-refractivity contribution in [2.75, 3.05) is 39.4 Å². The zero-order chi connectivity index (χ0) is 20.1. The third-order valence-electron chi connectivity index (χ3n) is 5.60. The Labute approximate surface area is 170 Å². The molecule has 0 aliphatic carbocycles. The third-order valence-corrected chi connectivity index (χ3v) is 5.60. The van der Waals surface area contributed by atoms with Crippen LogP contribution in [0.4, 0.5) is 4.79 Å². The van der Waals surface area contributed by atoms with Crippen LogP contribution in [0.25, 0.3) is 5.69 Å². The van der Waals surface area contributed by atoms with Crippen LogP contribution in [0, 0.1) is 5.92 Å². The van der Waals surface area contributed by atoms with Gasteiger partial charge in [0.1, 0.15) is 0 Å². The van der Waals surface area contributed by atoms with Crippen molar-refractivity contribution in [1.29, 1.82) is 0 Å². The number of hydrogen-bond acceptors (Lipinski definition) is 4. The Morgan fingerprint density at radius 3 is 2.41 bits per heavy atom. The number of morpholine rings is 1. The maximum absolute atomic E-state index is 12.6. The first kappa shape index (κ1) is 19.4. The highest BCUT2D eigenvalue weighted by Gasteiger charge is 2.30. The van der Waals surface area contributed by atoms with Gasteiger partial charge < -0.3 is 19.9 Å². The number of ether oxygens (including phenoxy) is 1. The van der Waals surface area contributed by atoms with Gasteiger partial charge in [-0.05, 0) is 36.6 Å². The summed E-state index contributed by atoms with van der Waals surface area (Å²) in [4.78, 5) is 28.8. The molecule has 0 atom stereocenters. The van der Waals surface area contributed by atoms with Crippen molar-refractivity contribution < 1.29 is 14.3 Å². The zero-order valence-corrected chi connectivity index (χ0v) is 16.5. The van der Waals surface area contributed by atoms with Crippen molar-refractivity contribution in [3.63, 3.8) is 0 Å². The Balaban J connectivity index is 1.22. The average molecular weight is 397 g/mol. The number of rotatable bonds is 4. The number of urea groups is 1. The van der Waals surface area contributed by atoms with E-state index >= 15 is 0 Å². The minimum atomic E-state index is -0.0709. The Morgan fingerprint density at radius 1 is 1.03 bits per heavy atom. The first-order chi connectivity index (χ1) is 14.2. The lowest BCUT2D eigenvalue weighted by Crippen LogP contribution is -2.49. The van der Waals surface area contributed by atoms with Crippen LogP contribution < -0.4 is 5.32 Å². The Morgan fingerprint density at radius 2 is 1.76 bits per heavy atom. The second kappa shape index (κ2) is 9.09. The van der Waals surface area contributed by atoms with Gasteiger partial charge in [-0.2, -0.15) is 5.10 Å². The average Bonchev–Trinajstić information content (AvgIpc) is 3.33. The van der Waals surface area contributed by atoms with Crippen LogP contribution in [0.2, 0.25) is 0 Å². The highest BCUT2D eigenvalue weighted by Crippen LogP contribution is 2.20. The number of carbonyl (C=O) groups is 2. The summed E-state index contributed by atoms with van der Waals surface area (Å²) >= 11 is 0. The van der Waals surface area contributed by atoms with Gasteiger partial charge in [-0.3, -0.25) is 4.79 Å². The Hall–Kier alpha value is -2.87. The molecule has 154 valence electrons. The summed E-state index contributed by atoms with van der Waals surface area (Å²) in [5.41, 5.74) is 2.02. The fraction of sp³-hybridized carbons (Fsp3) is 0.476. The van der Waals surface area contributed by atoms with Crippen molar-refractivity contribution in [3.05, 3.63) is 48.3 Å². The van der Waals surface area contributed by atoms with Gasteiger partial charge in [0.2, 0.25) is 5.91 Å². The molecule has 1 aromatic carbocycles. The van der Waals surface area contributed by atoms with E-state index in [9.17, 15) is 9.59 Å². The number of piperidine rings is 1. The Kier molecular flexibility index (Phi) is 6.09. The number of aromatic nitrogens is 2. The molecule has 0 bridgehead atoms. The molecule has 8 nitrogen and oxygen atoms in total. The van der Waals surface area contributed by atoms with E-state index in [0.717, 1.165) is 24.1 Å². The van der Waals surface area contributed by atoms with Gasteiger partial charge in [-0.25, -0.2) is 9.48 Å². The molecule has 1 aromatic heterocycles. The van der Waals surface area contributed by atoms with Crippen LogP contribution in [-0.2, 0) is 16.1 Å². The van der Waals surface area contributed by atoms with Gasteiger partial charge in [-0.15, -0.1) is 0 Å². The maximum atomic E-state index is 12.6. The first-order valence-electron chi connectivity index (χ1n) is 10.2. The lowest BCUT2D eigenvalue weighted by molar-refractivity contribution is -0.141. The van der Waals surface area contributed by atoms with Gasteiger partial charge in [-0.1, -0.05) is 12.1 Å². The van der Waals surface area contributed by atoms with Crippen molar-refractivity contribution >= 4 is 11.9 Å². The largest absolute Gasteiger partial charge is 0.378 e. The van der Waals surface area contributed by atoms with Gasteiger partial charge in [0, 0.05) is 51.0 Å². The number of hydrogen-bond donors (Lipinski definition) is 1. The molecule has 2 aliphatic heterocycles. The molecule has 2 aliphatic rings. The van der Waals surface area contributed by atoms with Crippen LogP contribution in [0.3, 0.4) is 0 Å². The van der Waals surface area contributed by atoms with Crippen LogP contribution in [0.15, 0.2) is 42.7 Å². The lowest BCUT2D eigenvalue weighted by atomic mass is 9.95. The number of nitrogens with zero attached hydrogens (tertiary/aromatic N) is 4.